The Kier molecular flexibility index (Phi) is 3.11. The normalized spacial score (nSPS) is 19.9. The molecule has 1 unspecified atom stereocenters. The Balaban J connectivity index is 1.84. The maximum absolute atomic E-state index is 5.37. The third kappa shape index (κ3) is 2.29. The van der Waals surface area contributed by atoms with Gasteiger partial charge < -0.3 is 9.84 Å². The van der Waals surface area contributed by atoms with Gasteiger partial charge in [-0.05, 0) is 32.4 Å². The second kappa shape index (κ2) is 4.90. The van der Waals surface area contributed by atoms with Crippen LogP contribution in [-0.2, 0) is 0 Å². The van der Waals surface area contributed by atoms with E-state index in [4.69, 9.17) is 4.52 Å². The second-order valence-electron chi connectivity index (χ2n) is 4.83. The molecule has 18 heavy (non-hydrogen) atoms. The lowest BCUT2D eigenvalue weighted by Crippen LogP contribution is -2.26. The van der Waals surface area contributed by atoms with Crippen molar-refractivity contribution in [2.24, 2.45) is 0 Å². The van der Waals surface area contributed by atoms with Crippen molar-refractivity contribution in [2.45, 2.75) is 32.2 Å². The average molecular weight is 243 g/mol. The zero-order chi connectivity index (χ0) is 12.4. The molecule has 0 spiro atoms. The fourth-order valence-electron chi connectivity index (χ4n) is 2.34. The van der Waals surface area contributed by atoms with Gasteiger partial charge in [0.05, 0.1) is 6.04 Å². The minimum Gasteiger partial charge on any atom is -0.337 e. The van der Waals surface area contributed by atoms with Gasteiger partial charge in [0.1, 0.15) is 0 Å². The number of benzene rings is 1. The summed E-state index contributed by atoms with van der Waals surface area (Å²) in [6.07, 6.45) is 3.53. The maximum Gasteiger partial charge on any atom is 0.244 e. The zero-order valence-corrected chi connectivity index (χ0v) is 10.5. The fourth-order valence-corrected chi connectivity index (χ4v) is 2.34. The van der Waals surface area contributed by atoms with E-state index in [9.17, 15) is 0 Å². The van der Waals surface area contributed by atoms with E-state index in [2.05, 4.69) is 34.5 Å². The van der Waals surface area contributed by atoms with Crippen molar-refractivity contribution in [3.63, 3.8) is 0 Å². The quantitative estimate of drug-likeness (QED) is 0.881. The first-order valence-corrected chi connectivity index (χ1v) is 6.47. The average Bonchev–Trinajstić information content (AvgIpc) is 2.89. The third-order valence-electron chi connectivity index (χ3n) is 3.33. The van der Waals surface area contributed by atoms with Crippen molar-refractivity contribution in [1.82, 2.24) is 15.5 Å². The molecule has 1 N–H and O–H groups in total. The smallest absolute Gasteiger partial charge is 0.244 e. The number of aromatic nitrogens is 2. The van der Waals surface area contributed by atoms with Crippen molar-refractivity contribution in [3.8, 4) is 11.4 Å². The molecule has 94 valence electrons. The van der Waals surface area contributed by atoms with Crippen molar-refractivity contribution >= 4 is 0 Å². The van der Waals surface area contributed by atoms with Gasteiger partial charge in [0, 0.05) is 5.56 Å². The van der Waals surface area contributed by atoms with Gasteiger partial charge in [0.15, 0.2) is 0 Å². The van der Waals surface area contributed by atoms with E-state index < -0.39 is 0 Å². The zero-order valence-electron chi connectivity index (χ0n) is 10.5. The highest BCUT2D eigenvalue weighted by Gasteiger charge is 2.21. The van der Waals surface area contributed by atoms with Gasteiger partial charge in [-0.1, -0.05) is 35.3 Å². The minimum atomic E-state index is 0.227. The third-order valence-corrected chi connectivity index (χ3v) is 3.33. The Bertz CT molecular complexity index is 529. The number of hydrogen-bond donors (Lipinski definition) is 1. The molecule has 0 radical (unpaired) electrons. The highest BCUT2D eigenvalue weighted by atomic mass is 16.5. The highest BCUT2D eigenvalue weighted by Crippen LogP contribution is 2.24. The van der Waals surface area contributed by atoms with Crippen molar-refractivity contribution < 1.29 is 4.52 Å². The summed E-state index contributed by atoms with van der Waals surface area (Å²) < 4.78 is 5.37. The summed E-state index contributed by atoms with van der Waals surface area (Å²) in [4.78, 5) is 4.50. The number of hydrogen-bond acceptors (Lipinski definition) is 4. The molecule has 1 aliphatic heterocycles. The Morgan fingerprint density at radius 3 is 3.06 bits per heavy atom. The Labute approximate surface area is 106 Å². The van der Waals surface area contributed by atoms with Crippen LogP contribution in [0.4, 0.5) is 0 Å². The molecule has 0 saturated carbocycles. The first kappa shape index (κ1) is 11.4. The summed E-state index contributed by atoms with van der Waals surface area (Å²) >= 11 is 0. The number of nitrogens with zero attached hydrogens (tertiary/aromatic N) is 2. The van der Waals surface area contributed by atoms with Crippen LogP contribution in [0.3, 0.4) is 0 Å². The largest absolute Gasteiger partial charge is 0.337 e. The predicted octanol–water partition coefficient (Wildman–Crippen LogP) is 2.86. The Hall–Kier alpha value is -1.68. The molecule has 0 bridgehead atoms. The predicted molar refractivity (Wildman–Crippen MR) is 69.1 cm³/mol. The van der Waals surface area contributed by atoms with E-state index in [1.54, 1.807) is 0 Å². The van der Waals surface area contributed by atoms with Crippen LogP contribution in [0.5, 0.6) is 0 Å². The van der Waals surface area contributed by atoms with Gasteiger partial charge in [0.25, 0.3) is 0 Å². The van der Waals surface area contributed by atoms with Crippen LogP contribution < -0.4 is 5.32 Å². The van der Waals surface area contributed by atoms with Crippen molar-refractivity contribution in [1.29, 1.82) is 0 Å². The molecule has 0 amide bonds. The summed E-state index contributed by atoms with van der Waals surface area (Å²) in [5.41, 5.74) is 2.22. The van der Waals surface area contributed by atoms with E-state index in [0.717, 1.165) is 18.5 Å². The van der Waals surface area contributed by atoms with Gasteiger partial charge in [-0.2, -0.15) is 4.98 Å². The summed E-state index contributed by atoms with van der Waals surface area (Å²) in [7, 11) is 0. The van der Waals surface area contributed by atoms with Crippen LogP contribution >= 0.6 is 0 Å². The molecule has 1 fully saturated rings. The minimum absolute atomic E-state index is 0.227. The fraction of sp³-hybridized carbons (Fsp3) is 0.429. The Morgan fingerprint density at radius 1 is 1.33 bits per heavy atom. The Morgan fingerprint density at radius 2 is 2.28 bits per heavy atom. The van der Waals surface area contributed by atoms with E-state index >= 15 is 0 Å². The SMILES string of the molecule is Cc1cccc(-c2noc(C3CCCCN3)n2)c1. The molecule has 2 heterocycles. The van der Waals surface area contributed by atoms with Crippen LogP contribution in [0.25, 0.3) is 11.4 Å². The molecule has 4 heteroatoms. The summed E-state index contributed by atoms with van der Waals surface area (Å²) in [5, 5.41) is 7.49. The molecule has 1 saturated heterocycles. The lowest BCUT2D eigenvalue weighted by Gasteiger charge is -2.19. The molecule has 1 aliphatic rings. The van der Waals surface area contributed by atoms with E-state index in [-0.39, 0.29) is 6.04 Å². The first-order chi connectivity index (χ1) is 8.83. The summed E-state index contributed by atoms with van der Waals surface area (Å²) in [6, 6.07) is 8.39. The maximum atomic E-state index is 5.37. The molecule has 4 nitrogen and oxygen atoms in total. The molecule has 0 aliphatic carbocycles. The van der Waals surface area contributed by atoms with Crippen LogP contribution in [0, 0.1) is 6.92 Å². The van der Waals surface area contributed by atoms with Crippen molar-refractivity contribution in [3.05, 3.63) is 35.7 Å². The number of aryl methyl sites for hydroxylation is 1. The van der Waals surface area contributed by atoms with Gasteiger partial charge in [-0.15, -0.1) is 0 Å². The van der Waals surface area contributed by atoms with Gasteiger partial charge in [-0.25, -0.2) is 0 Å². The van der Waals surface area contributed by atoms with Crippen LogP contribution in [0.2, 0.25) is 0 Å². The van der Waals surface area contributed by atoms with Crippen LogP contribution in [0.1, 0.15) is 36.8 Å². The second-order valence-corrected chi connectivity index (χ2v) is 4.83. The molecule has 3 rings (SSSR count). The van der Waals surface area contributed by atoms with E-state index in [1.165, 1.54) is 18.4 Å². The molecular weight excluding hydrogens is 226 g/mol. The standard InChI is InChI=1S/C14H17N3O/c1-10-5-4-6-11(9-10)13-16-14(18-17-13)12-7-2-3-8-15-12/h4-6,9,12,15H,2-3,7-8H2,1H3. The highest BCUT2D eigenvalue weighted by molar-refractivity contribution is 5.55. The summed E-state index contributed by atoms with van der Waals surface area (Å²) in [6.45, 7) is 3.10. The van der Waals surface area contributed by atoms with Crippen molar-refractivity contribution in [2.75, 3.05) is 6.54 Å². The lowest BCUT2D eigenvalue weighted by molar-refractivity contribution is 0.297. The summed E-state index contributed by atoms with van der Waals surface area (Å²) in [5.74, 6) is 1.40. The first-order valence-electron chi connectivity index (χ1n) is 6.47. The van der Waals surface area contributed by atoms with Crippen LogP contribution in [0.15, 0.2) is 28.8 Å². The van der Waals surface area contributed by atoms with E-state index in [0.29, 0.717) is 11.7 Å². The van der Waals surface area contributed by atoms with Gasteiger partial charge >= 0.3 is 0 Å². The topological polar surface area (TPSA) is 51.0 Å². The van der Waals surface area contributed by atoms with E-state index in [1.807, 2.05) is 12.1 Å². The van der Waals surface area contributed by atoms with Gasteiger partial charge in [0.2, 0.25) is 11.7 Å². The number of nitrogens with one attached hydrogen (secondary N) is 1. The van der Waals surface area contributed by atoms with Crippen LogP contribution in [-0.4, -0.2) is 16.7 Å². The molecular formula is C14H17N3O. The monoisotopic (exact) mass is 243 g/mol. The molecule has 1 aromatic heterocycles. The molecule has 1 aromatic carbocycles. The molecule has 2 aromatic rings. The number of rotatable bonds is 2. The van der Waals surface area contributed by atoms with Gasteiger partial charge in [-0.3, -0.25) is 0 Å². The molecule has 1 atom stereocenters. The number of piperidine rings is 1. The lowest BCUT2D eigenvalue weighted by atomic mass is 10.1.